The van der Waals surface area contributed by atoms with Gasteiger partial charge in [-0.2, -0.15) is 0 Å². The molecule has 1 aliphatic heterocycles. The summed E-state index contributed by atoms with van der Waals surface area (Å²) < 4.78 is 11.5. The highest BCUT2D eigenvalue weighted by atomic mass is 35.5. The molecule has 1 saturated carbocycles. The van der Waals surface area contributed by atoms with Crippen molar-refractivity contribution >= 4 is 23.4 Å². The molecule has 1 heterocycles. The summed E-state index contributed by atoms with van der Waals surface area (Å²) >= 11 is 6.03. The van der Waals surface area contributed by atoms with Crippen LogP contribution in [-0.4, -0.2) is 43.0 Å². The number of hydrogen-bond donors (Lipinski definition) is 1. The molecule has 0 aromatic heterocycles. The van der Waals surface area contributed by atoms with Crippen LogP contribution in [0.15, 0.2) is 42.5 Å². The van der Waals surface area contributed by atoms with Gasteiger partial charge in [-0.1, -0.05) is 23.7 Å². The first kappa shape index (κ1) is 23.4. The summed E-state index contributed by atoms with van der Waals surface area (Å²) in [6.45, 7) is 3.84. The second-order valence-electron chi connectivity index (χ2n) is 8.66. The number of nitrogens with one attached hydrogen (secondary N) is 1. The van der Waals surface area contributed by atoms with Gasteiger partial charge in [-0.05, 0) is 80.8 Å². The number of hydrogen-bond acceptors (Lipinski definition) is 4. The van der Waals surface area contributed by atoms with Gasteiger partial charge in [-0.15, -0.1) is 0 Å². The first-order valence-electron chi connectivity index (χ1n) is 11.8. The number of carbonyl (C=O) groups excluding carboxylic acids is 2. The van der Waals surface area contributed by atoms with E-state index < -0.39 is 0 Å². The van der Waals surface area contributed by atoms with E-state index in [2.05, 4.69) is 5.32 Å². The van der Waals surface area contributed by atoms with E-state index >= 15 is 0 Å². The summed E-state index contributed by atoms with van der Waals surface area (Å²) in [5.74, 6) is 1.18. The summed E-state index contributed by atoms with van der Waals surface area (Å²) in [4.78, 5) is 27.4. The minimum atomic E-state index is -0.168. The fourth-order valence-electron chi connectivity index (χ4n) is 4.21. The van der Waals surface area contributed by atoms with E-state index in [-0.39, 0.29) is 24.5 Å². The van der Waals surface area contributed by atoms with Crippen LogP contribution in [0.4, 0.5) is 0 Å². The Bertz CT molecular complexity index is 969. The normalized spacial score (nSPS) is 16.7. The van der Waals surface area contributed by atoms with Crippen LogP contribution in [0, 0.1) is 5.92 Å². The first-order valence-corrected chi connectivity index (χ1v) is 12.2. The van der Waals surface area contributed by atoms with Crippen molar-refractivity contribution in [3.8, 4) is 11.5 Å². The zero-order chi connectivity index (χ0) is 23.2. The van der Waals surface area contributed by atoms with Crippen LogP contribution in [0.1, 0.15) is 61.0 Å². The maximum atomic E-state index is 13.1. The Morgan fingerprint density at radius 2 is 1.76 bits per heavy atom. The van der Waals surface area contributed by atoms with Gasteiger partial charge >= 0.3 is 0 Å². The highest BCUT2D eigenvalue weighted by molar-refractivity contribution is 6.30. The van der Waals surface area contributed by atoms with Crippen molar-refractivity contribution in [1.82, 2.24) is 10.2 Å². The minimum absolute atomic E-state index is 0.0193. The molecule has 2 aromatic rings. The lowest BCUT2D eigenvalue weighted by Gasteiger charge is -2.26. The van der Waals surface area contributed by atoms with Gasteiger partial charge in [0, 0.05) is 23.7 Å². The molecule has 0 bridgehead atoms. The van der Waals surface area contributed by atoms with Crippen molar-refractivity contribution in [1.29, 1.82) is 0 Å². The molecular formula is C26H31ClN2O4. The Morgan fingerprint density at radius 3 is 2.42 bits per heavy atom. The number of amides is 2. The van der Waals surface area contributed by atoms with Crippen LogP contribution < -0.4 is 14.8 Å². The number of carbonyl (C=O) groups is 2. The predicted molar refractivity (Wildman–Crippen MR) is 128 cm³/mol. The number of likely N-dealkylation sites (tertiary alicyclic amines) is 1. The van der Waals surface area contributed by atoms with Gasteiger partial charge < -0.3 is 19.7 Å². The number of benzene rings is 2. The van der Waals surface area contributed by atoms with Crippen molar-refractivity contribution in [2.24, 2.45) is 5.92 Å². The van der Waals surface area contributed by atoms with E-state index in [0.717, 1.165) is 44.3 Å². The molecule has 2 aromatic carbocycles. The molecule has 6 nitrogen and oxygen atoms in total. The monoisotopic (exact) mass is 470 g/mol. The molecule has 0 spiro atoms. The van der Waals surface area contributed by atoms with Crippen LogP contribution in [0.5, 0.6) is 11.5 Å². The largest absolute Gasteiger partial charge is 0.490 e. The topological polar surface area (TPSA) is 67.9 Å². The third-order valence-electron chi connectivity index (χ3n) is 6.17. The lowest BCUT2D eigenvalue weighted by atomic mass is 10.0. The lowest BCUT2D eigenvalue weighted by molar-refractivity contribution is -0.134. The van der Waals surface area contributed by atoms with Gasteiger partial charge in [-0.3, -0.25) is 9.59 Å². The molecule has 33 heavy (non-hydrogen) atoms. The Morgan fingerprint density at radius 1 is 1.03 bits per heavy atom. The molecule has 4 rings (SSSR count). The molecule has 1 unspecified atom stereocenters. The molecule has 7 heteroatoms. The van der Waals surface area contributed by atoms with Gasteiger partial charge in [0.1, 0.15) is 0 Å². The highest BCUT2D eigenvalue weighted by Gasteiger charge is 2.33. The molecule has 2 aliphatic rings. The fourth-order valence-corrected chi connectivity index (χ4v) is 4.33. The minimum Gasteiger partial charge on any atom is -0.490 e. The van der Waals surface area contributed by atoms with Crippen molar-refractivity contribution < 1.29 is 19.1 Å². The zero-order valence-electron chi connectivity index (χ0n) is 19.0. The molecule has 1 saturated heterocycles. The highest BCUT2D eigenvalue weighted by Crippen LogP contribution is 2.41. The van der Waals surface area contributed by atoms with Crippen LogP contribution >= 0.6 is 11.6 Å². The zero-order valence-corrected chi connectivity index (χ0v) is 19.8. The Labute approximate surface area is 200 Å². The van der Waals surface area contributed by atoms with E-state index in [1.807, 2.05) is 36.1 Å². The average Bonchev–Trinajstić information content (AvgIpc) is 3.68. The summed E-state index contributed by atoms with van der Waals surface area (Å²) in [5, 5.41) is 3.85. The Hall–Kier alpha value is -2.73. The number of ether oxygens (including phenoxy) is 2. The van der Waals surface area contributed by atoms with Gasteiger partial charge in [0.15, 0.2) is 18.1 Å². The third kappa shape index (κ3) is 6.20. The third-order valence-corrected chi connectivity index (χ3v) is 6.43. The van der Waals surface area contributed by atoms with Crippen molar-refractivity contribution in [2.45, 2.75) is 45.1 Å². The summed E-state index contributed by atoms with van der Waals surface area (Å²) in [5.41, 5.74) is 1.55. The van der Waals surface area contributed by atoms with Crippen molar-refractivity contribution in [3.05, 3.63) is 58.6 Å². The SMILES string of the molecule is CCOc1cc(C(=O)NC(c2ccc(Cl)cc2)C2CC2)ccc1OCC(=O)N1CCCCC1. The Balaban J connectivity index is 1.43. The predicted octanol–water partition coefficient (Wildman–Crippen LogP) is 5.01. The molecule has 2 amide bonds. The lowest BCUT2D eigenvalue weighted by Crippen LogP contribution is -2.38. The van der Waals surface area contributed by atoms with Crippen LogP contribution in [0.3, 0.4) is 0 Å². The molecular weight excluding hydrogens is 440 g/mol. The van der Waals surface area contributed by atoms with Crippen LogP contribution in [0.2, 0.25) is 5.02 Å². The molecule has 1 N–H and O–H groups in total. The van der Waals surface area contributed by atoms with Crippen LogP contribution in [0.25, 0.3) is 0 Å². The van der Waals surface area contributed by atoms with Crippen molar-refractivity contribution in [3.63, 3.8) is 0 Å². The maximum absolute atomic E-state index is 13.1. The molecule has 1 atom stereocenters. The van der Waals surface area contributed by atoms with E-state index in [1.165, 1.54) is 6.42 Å². The number of rotatable bonds is 9. The van der Waals surface area contributed by atoms with Crippen LogP contribution in [-0.2, 0) is 4.79 Å². The summed E-state index contributed by atoms with van der Waals surface area (Å²) in [6.07, 6.45) is 5.43. The summed E-state index contributed by atoms with van der Waals surface area (Å²) in [7, 11) is 0. The van der Waals surface area contributed by atoms with Gasteiger partial charge in [0.05, 0.1) is 12.6 Å². The van der Waals surface area contributed by atoms with Crippen molar-refractivity contribution in [2.75, 3.05) is 26.3 Å². The van der Waals surface area contributed by atoms with E-state index in [9.17, 15) is 9.59 Å². The van der Waals surface area contributed by atoms with E-state index in [1.54, 1.807) is 18.2 Å². The quantitative estimate of drug-likeness (QED) is 0.559. The van der Waals surface area contributed by atoms with Gasteiger partial charge in [-0.25, -0.2) is 0 Å². The standard InChI is InChI=1S/C26H31ClN2O4/c1-2-32-23-16-20(10-13-22(23)33-17-24(30)29-14-4-3-5-15-29)26(31)28-25(18-6-7-18)19-8-11-21(27)12-9-19/h8-13,16,18,25H,2-7,14-15,17H2,1H3,(H,28,31). The molecule has 176 valence electrons. The second kappa shape index (κ2) is 10.9. The maximum Gasteiger partial charge on any atom is 0.260 e. The smallest absolute Gasteiger partial charge is 0.260 e. The number of nitrogens with zero attached hydrogens (tertiary/aromatic N) is 1. The van der Waals surface area contributed by atoms with E-state index in [0.29, 0.717) is 34.6 Å². The van der Waals surface area contributed by atoms with Gasteiger partial charge in [0.2, 0.25) is 0 Å². The van der Waals surface area contributed by atoms with E-state index in [4.69, 9.17) is 21.1 Å². The average molecular weight is 471 g/mol. The summed E-state index contributed by atoms with van der Waals surface area (Å²) in [6, 6.07) is 12.7. The number of piperidine rings is 1. The Kier molecular flexibility index (Phi) is 7.76. The first-order chi connectivity index (χ1) is 16.0. The fraction of sp³-hybridized carbons (Fsp3) is 0.462. The van der Waals surface area contributed by atoms with Gasteiger partial charge in [0.25, 0.3) is 11.8 Å². The molecule has 0 radical (unpaired) electrons. The molecule has 1 aliphatic carbocycles. The second-order valence-corrected chi connectivity index (χ2v) is 9.10. The molecule has 2 fully saturated rings. The number of halogens is 1.